The predicted molar refractivity (Wildman–Crippen MR) is 106 cm³/mol. The van der Waals surface area contributed by atoms with Crippen LogP contribution in [-0.4, -0.2) is 41.3 Å². The van der Waals surface area contributed by atoms with Gasteiger partial charge in [0.25, 0.3) is 5.91 Å². The van der Waals surface area contributed by atoms with E-state index < -0.39 is 5.91 Å². The van der Waals surface area contributed by atoms with Crippen LogP contribution in [0.1, 0.15) is 28.8 Å². The molecule has 2 aromatic rings. The molecule has 1 saturated heterocycles. The number of rotatable bonds is 5. The molecular weight excluding hydrogens is 385 g/mol. The number of hydrogen-bond acceptors (Lipinski definition) is 3. The van der Waals surface area contributed by atoms with Crippen molar-refractivity contribution in [1.29, 1.82) is 0 Å². The molecule has 27 heavy (non-hydrogen) atoms. The minimum atomic E-state index is -0.395. The molecule has 0 radical (unpaired) electrons. The zero-order valence-electron chi connectivity index (χ0n) is 14.8. The topological polar surface area (TPSA) is 62.3 Å². The highest BCUT2D eigenvalue weighted by atomic mass is 35.5. The highest BCUT2D eigenvalue weighted by molar-refractivity contribution is 6.33. The van der Waals surface area contributed by atoms with E-state index in [1.807, 2.05) is 11.0 Å². The molecule has 1 aromatic carbocycles. The third-order valence-corrected chi connectivity index (χ3v) is 5.15. The molecule has 0 aliphatic carbocycles. The van der Waals surface area contributed by atoms with E-state index in [4.69, 9.17) is 23.2 Å². The largest absolute Gasteiger partial charge is 0.343 e. The fraction of sp³-hybridized carbons (Fsp3) is 0.350. The molecule has 1 aliphatic rings. The second kappa shape index (κ2) is 9.20. The summed E-state index contributed by atoms with van der Waals surface area (Å²) in [7, 11) is 0. The van der Waals surface area contributed by atoms with Crippen molar-refractivity contribution < 1.29 is 9.59 Å². The van der Waals surface area contributed by atoms with Gasteiger partial charge in [-0.1, -0.05) is 53.5 Å². The first-order valence-corrected chi connectivity index (χ1v) is 9.70. The van der Waals surface area contributed by atoms with Gasteiger partial charge in [-0.2, -0.15) is 0 Å². The zero-order valence-corrected chi connectivity index (χ0v) is 16.3. The molecule has 5 nitrogen and oxygen atoms in total. The van der Waals surface area contributed by atoms with Crippen molar-refractivity contribution in [3.05, 3.63) is 63.9 Å². The van der Waals surface area contributed by atoms with Crippen LogP contribution in [0.5, 0.6) is 0 Å². The quantitative estimate of drug-likeness (QED) is 0.772. The monoisotopic (exact) mass is 405 g/mol. The number of hydrogen-bond donors (Lipinski definition) is 1. The number of carbonyl (C=O) groups excluding carboxylic acids is 2. The van der Waals surface area contributed by atoms with Gasteiger partial charge >= 0.3 is 0 Å². The highest BCUT2D eigenvalue weighted by Crippen LogP contribution is 2.21. The van der Waals surface area contributed by atoms with Crippen LogP contribution < -0.4 is 5.32 Å². The average Bonchev–Trinajstić information content (AvgIpc) is 2.66. The fourth-order valence-corrected chi connectivity index (χ4v) is 3.76. The summed E-state index contributed by atoms with van der Waals surface area (Å²) < 4.78 is 0. The Morgan fingerprint density at radius 2 is 1.70 bits per heavy atom. The third-order valence-electron chi connectivity index (χ3n) is 4.76. The van der Waals surface area contributed by atoms with E-state index in [-0.39, 0.29) is 28.3 Å². The van der Waals surface area contributed by atoms with Crippen LogP contribution in [0.4, 0.5) is 0 Å². The average molecular weight is 406 g/mol. The zero-order chi connectivity index (χ0) is 19.2. The molecular formula is C20H21Cl2N3O2. The SMILES string of the molecule is O=C(NCC(=O)N1CCC(Cc2ccccc2)CC1)c1cc(Cl)nc(Cl)c1. The minimum absolute atomic E-state index is 0.0419. The van der Waals surface area contributed by atoms with Gasteiger partial charge in [0.2, 0.25) is 5.91 Å². The Morgan fingerprint density at radius 3 is 2.33 bits per heavy atom. The number of amides is 2. The summed E-state index contributed by atoms with van der Waals surface area (Å²) in [5.41, 5.74) is 1.62. The Bertz CT molecular complexity index is 786. The molecule has 2 amide bonds. The van der Waals surface area contributed by atoms with Crippen LogP contribution in [0, 0.1) is 5.92 Å². The van der Waals surface area contributed by atoms with Crippen molar-refractivity contribution in [3.63, 3.8) is 0 Å². The molecule has 0 atom stereocenters. The van der Waals surface area contributed by atoms with E-state index in [1.165, 1.54) is 17.7 Å². The van der Waals surface area contributed by atoms with Crippen molar-refractivity contribution in [2.75, 3.05) is 19.6 Å². The molecule has 1 fully saturated rings. The second-order valence-corrected chi connectivity index (χ2v) is 7.47. The molecule has 3 rings (SSSR count). The number of piperidine rings is 1. The Hall–Kier alpha value is -2.11. The van der Waals surface area contributed by atoms with E-state index in [1.54, 1.807) is 0 Å². The van der Waals surface area contributed by atoms with Gasteiger partial charge in [-0.3, -0.25) is 9.59 Å². The lowest BCUT2D eigenvalue weighted by molar-refractivity contribution is -0.131. The summed E-state index contributed by atoms with van der Waals surface area (Å²) >= 11 is 11.6. The van der Waals surface area contributed by atoms with Crippen LogP contribution in [0.15, 0.2) is 42.5 Å². The maximum absolute atomic E-state index is 12.4. The van der Waals surface area contributed by atoms with Crippen LogP contribution in [0.3, 0.4) is 0 Å². The number of halogens is 2. The van der Waals surface area contributed by atoms with Crippen molar-refractivity contribution in [2.45, 2.75) is 19.3 Å². The fourth-order valence-electron chi connectivity index (χ4n) is 3.30. The standard InChI is InChI=1S/C20H21Cl2N3O2/c21-17-11-16(12-18(22)24-17)20(27)23-13-19(26)25-8-6-15(7-9-25)10-14-4-2-1-3-5-14/h1-5,11-12,15H,6-10,13H2,(H,23,27). The van der Waals surface area contributed by atoms with Crippen molar-refractivity contribution >= 4 is 35.0 Å². The highest BCUT2D eigenvalue weighted by Gasteiger charge is 2.23. The van der Waals surface area contributed by atoms with Gasteiger partial charge in [0.1, 0.15) is 10.3 Å². The lowest BCUT2D eigenvalue weighted by atomic mass is 9.90. The van der Waals surface area contributed by atoms with E-state index in [0.717, 1.165) is 32.4 Å². The van der Waals surface area contributed by atoms with E-state index in [0.29, 0.717) is 5.92 Å². The van der Waals surface area contributed by atoms with Crippen molar-refractivity contribution in [2.24, 2.45) is 5.92 Å². The van der Waals surface area contributed by atoms with Crippen molar-refractivity contribution in [1.82, 2.24) is 15.2 Å². The minimum Gasteiger partial charge on any atom is -0.343 e. The van der Waals surface area contributed by atoms with Gasteiger partial charge < -0.3 is 10.2 Å². The van der Waals surface area contributed by atoms with Gasteiger partial charge in [0.15, 0.2) is 0 Å². The summed E-state index contributed by atoms with van der Waals surface area (Å²) in [6, 6.07) is 13.3. The summed E-state index contributed by atoms with van der Waals surface area (Å²) in [6.07, 6.45) is 3.00. The predicted octanol–water partition coefficient (Wildman–Crippen LogP) is 3.60. The molecule has 0 bridgehead atoms. The molecule has 0 unspecified atom stereocenters. The molecule has 0 spiro atoms. The lowest BCUT2D eigenvalue weighted by Crippen LogP contribution is -2.44. The van der Waals surface area contributed by atoms with E-state index in [9.17, 15) is 9.59 Å². The first kappa shape index (κ1) is 19.6. The molecule has 1 aliphatic heterocycles. The van der Waals surface area contributed by atoms with E-state index in [2.05, 4.69) is 34.6 Å². The summed E-state index contributed by atoms with van der Waals surface area (Å²) in [5.74, 6) is 0.119. The maximum atomic E-state index is 12.4. The molecule has 0 saturated carbocycles. The van der Waals surface area contributed by atoms with Gasteiger partial charge in [0.05, 0.1) is 6.54 Å². The third kappa shape index (κ3) is 5.68. The summed E-state index contributed by atoms with van der Waals surface area (Å²) in [6.45, 7) is 1.40. The number of carbonyl (C=O) groups is 2. The van der Waals surface area contributed by atoms with Crippen LogP contribution in [0.2, 0.25) is 10.3 Å². The first-order chi connectivity index (χ1) is 13.0. The number of nitrogens with zero attached hydrogens (tertiary/aromatic N) is 2. The summed E-state index contributed by atoms with van der Waals surface area (Å²) in [5, 5.41) is 2.90. The van der Waals surface area contributed by atoms with Gasteiger partial charge in [-0.25, -0.2) is 4.98 Å². The van der Waals surface area contributed by atoms with Gasteiger partial charge in [-0.05, 0) is 42.9 Å². The second-order valence-electron chi connectivity index (χ2n) is 6.70. The van der Waals surface area contributed by atoms with Gasteiger partial charge in [-0.15, -0.1) is 0 Å². The number of nitrogens with one attached hydrogen (secondary N) is 1. The summed E-state index contributed by atoms with van der Waals surface area (Å²) in [4.78, 5) is 30.2. The Kier molecular flexibility index (Phi) is 6.69. The number of aromatic nitrogens is 1. The maximum Gasteiger partial charge on any atom is 0.251 e. The molecule has 142 valence electrons. The van der Waals surface area contributed by atoms with Crippen LogP contribution in [0.25, 0.3) is 0 Å². The number of pyridine rings is 1. The van der Waals surface area contributed by atoms with Crippen molar-refractivity contribution in [3.8, 4) is 0 Å². The van der Waals surface area contributed by atoms with Crippen LogP contribution >= 0.6 is 23.2 Å². The Labute approximate surface area is 168 Å². The van der Waals surface area contributed by atoms with E-state index >= 15 is 0 Å². The molecule has 7 heteroatoms. The Balaban J connectivity index is 1.45. The van der Waals surface area contributed by atoms with Crippen LogP contribution in [-0.2, 0) is 11.2 Å². The number of likely N-dealkylation sites (tertiary alicyclic amines) is 1. The number of benzene rings is 1. The molecule has 1 N–H and O–H groups in total. The Morgan fingerprint density at radius 1 is 1.07 bits per heavy atom. The van der Waals surface area contributed by atoms with Gasteiger partial charge in [0, 0.05) is 18.7 Å². The normalized spacial score (nSPS) is 14.8. The lowest BCUT2D eigenvalue weighted by Gasteiger charge is -2.32. The first-order valence-electron chi connectivity index (χ1n) is 8.94. The molecule has 1 aromatic heterocycles. The smallest absolute Gasteiger partial charge is 0.251 e. The molecule has 2 heterocycles.